The van der Waals surface area contributed by atoms with Crippen molar-refractivity contribution in [2.45, 2.75) is 63.1 Å². The maximum absolute atomic E-state index is 11.4. The average molecular weight is 179 g/mol. The Hall–Kier alpha value is -0.370. The highest BCUT2D eigenvalue weighted by atomic mass is 16.1. The van der Waals surface area contributed by atoms with Gasteiger partial charge in [0.05, 0.1) is 0 Å². The number of rotatable bonds is 1. The molecule has 0 aromatic rings. The zero-order chi connectivity index (χ0) is 8.84. The van der Waals surface area contributed by atoms with Crippen molar-refractivity contribution in [3.8, 4) is 0 Å². The van der Waals surface area contributed by atoms with Crippen LogP contribution in [-0.4, -0.2) is 28.8 Å². The van der Waals surface area contributed by atoms with Crippen LogP contribution in [0.4, 0.5) is 0 Å². The highest BCUT2D eigenvalue weighted by Crippen LogP contribution is 2.40. The molecule has 2 bridgehead atoms. The van der Waals surface area contributed by atoms with E-state index < -0.39 is 0 Å². The summed E-state index contributed by atoms with van der Waals surface area (Å²) >= 11 is 0. The van der Waals surface area contributed by atoms with Gasteiger partial charge in [-0.1, -0.05) is 6.42 Å². The van der Waals surface area contributed by atoms with E-state index in [4.69, 9.17) is 0 Å². The van der Waals surface area contributed by atoms with Crippen LogP contribution in [0, 0.1) is 0 Å². The third kappa shape index (κ3) is 1.32. The van der Waals surface area contributed by atoms with E-state index in [2.05, 4.69) is 4.90 Å². The number of fused-ring (bicyclic) bond motifs is 2. The third-order valence-corrected chi connectivity index (χ3v) is 3.81. The van der Waals surface area contributed by atoms with E-state index in [1.165, 1.54) is 32.1 Å². The summed E-state index contributed by atoms with van der Waals surface area (Å²) in [6.45, 7) is 0. The van der Waals surface area contributed by atoms with Gasteiger partial charge in [0.15, 0.2) is 0 Å². The van der Waals surface area contributed by atoms with Crippen LogP contribution >= 0.6 is 0 Å². The second-order valence-electron chi connectivity index (χ2n) is 4.86. The minimum absolute atomic E-state index is 0.520. The molecule has 1 saturated carbocycles. The standard InChI is InChI=1S/C11H17NO/c13-11-6-9-2-1-3-10(7-11)12(9)8-4-5-8/h8-10H,1-7H2/t9-,10-/m1/s1. The van der Waals surface area contributed by atoms with Crippen LogP contribution in [0.5, 0.6) is 0 Å². The molecule has 2 aliphatic heterocycles. The van der Waals surface area contributed by atoms with E-state index >= 15 is 0 Å². The summed E-state index contributed by atoms with van der Waals surface area (Å²) < 4.78 is 0. The summed E-state index contributed by atoms with van der Waals surface area (Å²) in [4.78, 5) is 14.1. The van der Waals surface area contributed by atoms with Crippen LogP contribution in [0.15, 0.2) is 0 Å². The smallest absolute Gasteiger partial charge is 0.136 e. The quantitative estimate of drug-likeness (QED) is 0.611. The maximum atomic E-state index is 11.4. The number of nitrogens with zero attached hydrogens (tertiary/aromatic N) is 1. The lowest BCUT2D eigenvalue weighted by molar-refractivity contribution is -0.127. The molecule has 3 aliphatic rings. The van der Waals surface area contributed by atoms with Crippen molar-refractivity contribution in [2.75, 3.05) is 0 Å². The second kappa shape index (κ2) is 2.81. The summed E-state index contributed by atoms with van der Waals surface area (Å²) in [7, 11) is 0. The molecule has 0 aromatic carbocycles. The minimum atomic E-state index is 0.520. The zero-order valence-electron chi connectivity index (χ0n) is 8.04. The predicted molar refractivity (Wildman–Crippen MR) is 50.5 cm³/mol. The van der Waals surface area contributed by atoms with Crippen molar-refractivity contribution in [3.63, 3.8) is 0 Å². The maximum Gasteiger partial charge on any atom is 0.136 e. The number of ketones is 1. The van der Waals surface area contributed by atoms with Gasteiger partial charge in [0.25, 0.3) is 0 Å². The first-order valence-electron chi connectivity index (χ1n) is 5.64. The van der Waals surface area contributed by atoms with Crippen molar-refractivity contribution in [3.05, 3.63) is 0 Å². The summed E-state index contributed by atoms with van der Waals surface area (Å²) in [5, 5.41) is 0. The first-order chi connectivity index (χ1) is 6.34. The van der Waals surface area contributed by atoms with Gasteiger partial charge in [-0.2, -0.15) is 0 Å². The first kappa shape index (κ1) is 7.98. The SMILES string of the molecule is O=C1C[C@H]2CCC[C@H](C1)N2C1CC1. The first-order valence-corrected chi connectivity index (χ1v) is 5.64. The molecule has 1 aliphatic carbocycles. The zero-order valence-corrected chi connectivity index (χ0v) is 8.04. The fraction of sp³-hybridized carbons (Fsp3) is 0.909. The van der Waals surface area contributed by atoms with Crippen molar-refractivity contribution >= 4 is 5.78 Å². The van der Waals surface area contributed by atoms with E-state index in [0.717, 1.165) is 18.9 Å². The van der Waals surface area contributed by atoms with Gasteiger partial charge in [-0.15, -0.1) is 0 Å². The summed E-state index contributed by atoms with van der Waals surface area (Å²) in [6.07, 6.45) is 8.39. The van der Waals surface area contributed by atoms with E-state index in [0.29, 0.717) is 17.9 Å². The molecule has 2 heterocycles. The van der Waals surface area contributed by atoms with Gasteiger partial charge in [-0.05, 0) is 25.7 Å². The van der Waals surface area contributed by atoms with Crippen molar-refractivity contribution in [2.24, 2.45) is 0 Å². The number of piperidine rings is 2. The molecule has 2 atom stereocenters. The second-order valence-corrected chi connectivity index (χ2v) is 4.86. The van der Waals surface area contributed by atoms with Gasteiger partial charge < -0.3 is 0 Å². The van der Waals surface area contributed by atoms with Crippen LogP contribution < -0.4 is 0 Å². The Morgan fingerprint density at radius 3 is 2.08 bits per heavy atom. The van der Waals surface area contributed by atoms with Gasteiger partial charge in [-0.3, -0.25) is 9.69 Å². The molecule has 0 amide bonds. The normalized spacial score (nSPS) is 40.8. The Labute approximate surface area is 79.3 Å². The van der Waals surface area contributed by atoms with E-state index in [-0.39, 0.29) is 0 Å². The third-order valence-electron chi connectivity index (χ3n) is 3.81. The Balaban J connectivity index is 1.82. The Kier molecular flexibility index (Phi) is 1.72. The number of carbonyl (C=O) groups excluding carboxylic acids is 1. The van der Waals surface area contributed by atoms with Gasteiger partial charge in [-0.25, -0.2) is 0 Å². The Bertz CT molecular complexity index is 218. The summed E-state index contributed by atoms with van der Waals surface area (Å²) in [6, 6.07) is 2.13. The molecule has 3 rings (SSSR count). The van der Waals surface area contributed by atoms with E-state index in [1.807, 2.05) is 0 Å². The number of hydrogen-bond donors (Lipinski definition) is 0. The lowest BCUT2D eigenvalue weighted by Gasteiger charge is -2.45. The number of carbonyl (C=O) groups is 1. The van der Waals surface area contributed by atoms with E-state index in [1.54, 1.807) is 0 Å². The minimum Gasteiger partial charge on any atom is -0.300 e. The predicted octanol–water partition coefficient (Wildman–Crippen LogP) is 1.73. The molecular formula is C11H17NO. The molecule has 2 saturated heterocycles. The molecule has 72 valence electrons. The lowest BCUT2D eigenvalue weighted by atomic mass is 9.83. The van der Waals surface area contributed by atoms with Gasteiger partial charge >= 0.3 is 0 Å². The monoisotopic (exact) mass is 179 g/mol. The highest BCUT2D eigenvalue weighted by molar-refractivity contribution is 5.80. The van der Waals surface area contributed by atoms with Crippen LogP contribution in [-0.2, 0) is 4.79 Å². The largest absolute Gasteiger partial charge is 0.300 e. The van der Waals surface area contributed by atoms with Crippen molar-refractivity contribution in [1.29, 1.82) is 0 Å². The molecule has 0 unspecified atom stereocenters. The molecule has 2 heteroatoms. The average Bonchev–Trinajstić information content (AvgIpc) is 2.85. The highest BCUT2D eigenvalue weighted by Gasteiger charge is 2.44. The molecular weight excluding hydrogens is 162 g/mol. The van der Waals surface area contributed by atoms with Crippen molar-refractivity contribution < 1.29 is 4.79 Å². The topological polar surface area (TPSA) is 20.3 Å². The molecule has 0 aromatic heterocycles. The number of hydrogen-bond acceptors (Lipinski definition) is 2. The molecule has 0 radical (unpaired) electrons. The number of Topliss-reactive ketones (excluding diaryl/α,β-unsaturated/α-hetero) is 1. The van der Waals surface area contributed by atoms with Crippen LogP contribution in [0.1, 0.15) is 44.9 Å². The molecule has 0 spiro atoms. The lowest BCUT2D eigenvalue weighted by Crippen LogP contribution is -2.53. The van der Waals surface area contributed by atoms with Crippen molar-refractivity contribution in [1.82, 2.24) is 4.90 Å². The Morgan fingerprint density at radius 2 is 1.54 bits per heavy atom. The fourth-order valence-electron chi connectivity index (χ4n) is 3.18. The van der Waals surface area contributed by atoms with Crippen LogP contribution in [0.3, 0.4) is 0 Å². The van der Waals surface area contributed by atoms with Crippen LogP contribution in [0.25, 0.3) is 0 Å². The van der Waals surface area contributed by atoms with Gasteiger partial charge in [0, 0.05) is 31.0 Å². The fourth-order valence-corrected chi connectivity index (χ4v) is 3.18. The molecule has 2 nitrogen and oxygen atoms in total. The van der Waals surface area contributed by atoms with Gasteiger partial charge in [0.2, 0.25) is 0 Å². The van der Waals surface area contributed by atoms with Crippen LogP contribution in [0.2, 0.25) is 0 Å². The molecule has 0 N–H and O–H groups in total. The molecule has 3 fully saturated rings. The summed E-state index contributed by atoms with van der Waals surface area (Å²) in [5.74, 6) is 0.520. The Morgan fingerprint density at radius 1 is 0.923 bits per heavy atom. The van der Waals surface area contributed by atoms with Gasteiger partial charge in [0.1, 0.15) is 5.78 Å². The molecule has 13 heavy (non-hydrogen) atoms. The summed E-state index contributed by atoms with van der Waals surface area (Å²) in [5.41, 5.74) is 0. The van der Waals surface area contributed by atoms with E-state index in [9.17, 15) is 4.79 Å².